The van der Waals surface area contributed by atoms with Gasteiger partial charge in [-0.25, -0.2) is 0 Å². The standard InChI is InChI=1S/C14H16N2O3/c15-10-4-5-11-9(6-10)2-1-3-12(11)16-13(17)7-19-8-14(16)18/h4-6,12H,1-3,7-8,15H2. The van der Waals surface area contributed by atoms with Crippen LogP contribution < -0.4 is 5.73 Å². The second-order valence-corrected chi connectivity index (χ2v) is 5.02. The highest BCUT2D eigenvalue weighted by Gasteiger charge is 2.36. The average Bonchev–Trinajstić information content (AvgIpc) is 2.38. The number of anilines is 1. The molecule has 1 aliphatic carbocycles. The molecule has 100 valence electrons. The van der Waals surface area contributed by atoms with Crippen LogP contribution in [0.15, 0.2) is 18.2 Å². The van der Waals surface area contributed by atoms with Crippen molar-refractivity contribution in [3.05, 3.63) is 29.3 Å². The fourth-order valence-corrected chi connectivity index (χ4v) is 2.93. The molecule has 1 saturated heterocycles. The molecule has 2 N–H and O–H groups in total. The molecule has 5 heteroatoms. The van der Waals surface area contributed by atoms with E-state index < -0.39 is 0 Å². The van der Waals surface area contributed by atoms with Crippen molar-refractivity contribution < 1.29 is 14.3 Å². The Hall–Kier alpha value is -1.88. The summed E-state index contributed by atoms with van der Waals surface area (Å²) in [5.74, 6) is -0.489. The molecule has 2 amide bonds. The van der Waals surface area contributed by atoms with Crippen molar-refractivity contribution in [3.8, 4) is 0 Å². The van der Waals surface area contributed by atoms with Crippen LogP contribution in [0.3, 0.4) is 0 Å². The number of hydrogen-bond acceptors (Lipinski definition) is 4. The van der Waals surface area contributed by atoms with E-state index in [1.807, 2.05) is 18.2 Å². The van der Waals surface area contributed by atoms with Crippen molar-refractivity contribution in [3.63, 3.8) is 0 Å². The Kier molecular flexibility index (Phi) is 2.98. The van der Waals surface area contributed by atoms with Crippen molar-refractivity contribution in [2.75, 3.05) is 18.9 Å². The summed E-state index contributed by atoms with van der Waals surface area (Å²) in [4.78, 5) is 25.2. The first-order valence-corrected chi connectivity index (χ1v) is 6.48. The Bertz CT molecular complexity index is 525. The van der Waals surface area contributed by atoms with E-state index in [1.165, 1.54) is 4.90 Å². The molecule has 19 heavy (non-hydrogen) atoms. The van der Waals surface area contributed by atoms with E-state index in [4.69, 9.17) is 10.5 Å². The number of aryl methyl sites for hydroxylation is 1. The van der Waals surface area contributed by atoms with E-state index >= 15 is 0 Å². The number of benzene rings is 1. The lowest BCUT2D eigenvalue weighted by Crippen LogP contribution is -2.48. The second kappa shape index (κ2) is 4.66. The van der Waals surface area contributed by atoms with Gasteiger partial charge in [0.2, 0.25) is 0 Å². The lowest BCUT2D eigenvalue weighted by molar-refractivity contribution is -0.162. The molecule has 1 aliphatic heterocycles. The maximum absolute atomic E-state index is 11.9. The maximum atomic E-state index is 11.9. The van der Waals surface area contributed by atoms with Crippen molar-refractivity contribution in [2.45, 2.75) is 25.3 Å². The molecule has 1 atom stereocenters. The van der Waals surface area contributed by atoms with Gasteiger partial charge >= 0.3 is 0 Å². The maximum Gasteiger partial charge on any atom is 0.255 e. The molecule has 0 radical (unpaired) electrons. The zero-order chi connectivity index (χ0) is 13.4. The molecule has 0 saturated carbocycles. The van der Waals surface area contributed by atoms with Gasteiger partial charge in [-0.1, -0.05) is 6.07 Å². The number of morpholine rings is 1. The Labute approximate surface area is 111 Å². The Balaban J connectivity index is 1.98. The normalized spacial score (nSPS) is 23.4. The third-order valence-electron chi connectivity index (χ3n) is 3.75. The lowest BCUT2D eigenvalue weighted by Gasteiger charge is -2.36. The van der Waals surface area contributed by atoms with E-state index in [2.05, 4.69) is 0 Å². The quantitative estimate of drug-likeness (QED) is 0.604. The fourth-order valence-electron chi connectivity index (χ4n) is 2.93. The second-order valence-electron chi connectivity index (χ2n) is 5.02. The Morgan fingerprint density at radius 1 is 1.21 bits per heavy atom. The highest BCUT2D eigenvalue weighted by molar-refractivity contribution is 5.98. The monoisotopic (exact) mass is 260 g/mol. The minimum absolute atomic E-state index is 0.00740. The number of amides is 2. The highest BCUT2D eigenvalue weighted by Crippen LogP contribution is 2.36. The van der Waals surface area contributed by atoms with Gasteiger partial charge in [0.1, 0.15) is 13.2 Å². The topological polar surface area (TPSA) is 72.6 Å². The number of carbonyl (C=O) groups excluding carboxylic acids is 2. The minimum atomic E-state index is -0.245. The first kappa shape index (κ1) is 12.2. The van der Waals surface area contributed by atoms with E-state index in [-0.39, 0.29) is 31.1 Å². The first-order chi connectivity index (χ1) is 9.16. The van der Waals surface area contributed by atoms with E-state index in [9.17, 15) is 9.59 Å². The van der Waals surface area contributed by atoms with Crippen LogP contribution in [0.1, 0.15) is 30.0 Å². The predicted molar refractivity (Wildman–Crippen MR) is 69.2 cm³/mol. The number of imide groups is 1. The third kappa shape index (κ3) is 2.10. The van der Waals surface area contributed by atoms with Crippen molar-refractivity contribution in [1.29, 1.82) is 0 Å². The molecular formula is C14H16N2O3. The molecule has 0 spiro atoms. The first-order valence-electron chi connectivity index (χ1n) is 6.48. The summed E-state index contributed by atoms with van der Waals surface area (Å²) in [6.45, 7) is -0.0148. The van der Waals surface area contributed by atoms with Gasteiger partial charge in [-0.2, -0.15) is 0 Å². The summed E-state index contributed by atoms with van der Waals surface area (Å²) in [6.07, 6.45) is 2.72. The van der Waals surface area contributed by atoms with E-state index in [1.54, 1.807) is 0 Å². The van der Waals surface area contributed by atoms with Gasteiger partial charge in [0.05, 0.1) is 6.04 Å². The van der Waals surface area contributed by atoms with Gasteiger partial charge in [-0.05, 0) is 42.5 Å². The zero-order valence-electron chi connectivity index (χ0n) is 10.6. The van der Waals surface area contributed by atoms with Gasteiger partial charge < -0.3 is 10.5 Å². The van der Waals surface area contributed by atoms with Crippen LogP contribution >= 0.6 is 0 Å². The van der Waals surface area contributed by atoms with Gasteiger partial charge in [-0.3, -0.25) is 14.5 Å². The number of rotatable bonds is 1. The number of nitrogens with zero attached hydrogens (tertiary/aromatic N) is 1. The van der Waals surface area contributed by atoms with Crippen LogP contribution in [-0.2, 0) is 20.7 Å². The summed E-state index contributed by atoms with van der Waals surface area (Å²) in [5, 5.41) is 0. The molecule has 1 heterocycles. The summed E-state index contributed by atoms with van der Waals surface area (Å²) in [7, 11) is 0. The predicted octanol–water partition coefficient (Wildman–Crippen LogP) is 1.03. The van der Waals surface area contributed by atoms with Crippen LogP contribution in [0, 0.1) is 0 Å². The smallest absolute Gasteiger partial charge is 0.255 e. The molecule has 0 aromatic heterocycles. The molecule has 1 unspecified atom stereocenters. The lowest BCUT2D eigenvalue weighted by atomic mass is 9.86. The Morgan fingerprint density at radius 3 is 2.68 bits per heavy atom. The molecule has 5 nitrogen and oxygen atoms in total. The highest BCUT2D eigenvalue weighted by atomic mass is 16.5. The summed E-state index contributed by atoms with van der Waals surface area (Å²) >= 11 is 0. The van der Waals surface area contributed by atoms with Gasteiger partial charge in [0.25, 0.3) is 11.8 Å². The van der Waals surface area contributed by atoms with Gasteiger partial charge in [-0.15, -0.1) is 0 Å². The molecule has 1 aromatic rings. The Morgan fingerprint density at radius 2 is 1.95 bits per heavy atom. The molecule has 1 fully saturated rings. The van der Waals surface area contributed by atoms with Crippen molar-refractivity contribution in [2.24, 2.45) is 0 Å². The summed E-state index contributed by atoms with van der Waals surface area (Å²) in [5.41, 5.74) is 8.70. The van der Waals surface area contributed by atoms with Crippen molar-refractivity contribution in [1.82, 2.24) is 4.90 Å². The van der Waals surface area contributed by atoms with Crippen LogP contribution in [-0.4, -0.2) is 29.9 Å². The molecular weight excluding hydrogens is 244 g/mol. The van der Waals surface area contributed by atoms with Crippen LogP contribution in [0.25, 0.3) is 0 Å². The van der Waals surface area contributed by atoms with Gasteiger partial charge in [0.15, 0.2) is 0 Å². The summed E-state index contributed by atoms with van der Waals surface area (Å²) in [6, 6.07) is 5.54. The van der Waals surface area contributed by atoms with Crippen molar-refractivity contribution >= 4 is 17.5 Å². The number of nitrogen functional groups attached to an aromatic ring is 1. The molecule has 0 bridgehead atoms. The summed E-state index contributed by atoms with van der Waals surface area (Å²) < 4.78 is 4.96. The largest absolute Gasteiger partial charge is 0.399 e. The number of ether oxygens (including phenoxy) is 1. The van der Waals surface area contributed by atoms with Crippen LogP contribution in [0.4, 0.5) is 5.69 Å². The average molecular weight is 260 g/mol. The number of fused-ring (bicyclic) bond motifs is 1. The van der Waals surface area contributed by atoms with Crippen LogP contribution in [0.5, 0.6) is 0 Å². The number of carbonyl (C=O) groups is 2. The number of hydrogen-bond donors (Lipinski definition) is 1. The SMILES string of the molecule is Nc1ccc2c(c1)CCCC2N1C(=O)COCC1=O. The zero-order valence-corrected chi connectivity index (χ0v) is 10.6. The van der Waals surface area contributed by atoms with Crippen LogP contribution in [0.2, 0.25) is 0 Å². The number of nitrogens with two attached hydrogens (primary N) is 1. The molecule has 2 aliphatic rings. The fraction of sp³-hybridized carbons (Fsp3) is 0.429. The third-order valence-corrected chi connectivity index (χ3v) is 3.75. The van der Waals surface area contributed by atoms with Gasteiger partial charge in [0, 0.05) is 5.69 Å². The minimum Gasteiger partial charge on any atom is -0.399 e. The van der Waals surface area contributed by atoms with E-state index in [0.29, 0.717) is 0 Å². The molecule has 1 aromatic carbocycles. The molecule has 3 rings (SSSR count). The van der Waals surface area contributed by atoms with E-state index in [0.717, 1.165) is 36.1 Å².